The highest BCUT2D eigenvalue weighted by Crippen LogP contribution is 2.13. The molecule has 0 aromatic carbocycles. The number of hydrogen-bond donors (Lipinski definition) is 1. The third kappa shape index (κ3) is 4.40. The van der Waals surface area contributed by atoms with Crippen molar-refractivity contribution >= 4 is 6.09 Å². The first kappa shape index (κ1) is 13.4. The minimum Gasteiger partial charge on any atom is -0.450 e. The summed E-state index contributed by atoms with van der Waals surface area (Å²) in [5, 5.41) is 9.84. The second kappa shape index (κ2) is 6.85. The molecule has 0 radical (unpaired) electrons. The monoisotopic (exact) mass is 238 g/mol. The molecule has 0 saturated heterocycles. The zero-order chi connectivity index (χ0) is 12.7. The Morgan fingerprint density at radius 1 is 1.59 bits per heavy atom. The molecule has 0 saturated carbocycles. The van der Waals surface area contributed by atoms with Gasteiger partial charge in [-0.3, -0.25) is 4.98 Å². The highest BCUT2D eigenvalue weighted by atomic mass is 16.5. The van der Waals surface area contributed by atoms with Gasteiger partial charge in [-0.05, 0) is 25.5 Å². The first-order chi connectivity index (χ1) is 8.15. The molecule has 0 spiro atoms. The van der Waals surface area contributed by atoms with Crippen molar-refractivity contribution in [2.45, 2.75) is 19.4 Å². The fraction of sp³-hybridized carbons (Fsp3) is 0.500. The van der Waals surface area contributed by atoms with Crippen molar-refractivity contribution in [1.29, 1.82) is 0 Å². The van der Waals surface area contributed by atoms with E-state index < -0.39 is 6.10 Å². The number of nitrogens with zero attached hydrogens (tertiary/aromatic N) is 2. The molecule has 5 nitrogen and oxygen atoms in total. The Hall–Kier alpha value is -1.62. The van der Waals surface area contributed by atoms with Crippen LogP contribution in [0.2, 0.25) is 0 Å². The maximum Gasteiger partial charge on any atom is 0.409 e. The third-order valence-electron chi connectivity index (χ3n) is 2.35. The maximum absolute atomic E-state index is 11.3. The molecule has 1 unspecified atom stereocenters. The van der Waals surface area contributed by atoms with Crippen molar-refractivity contribution in [1.82, 2.24) is 9.88 Å². The first-order valence-corrected chi connectivity index (χ1v) is 5.62. The van der Waals surface area contributed by atoms with Crippen LogP contribution in [0.15, 0.2) is 24.4 Å². The fourth-order valence-electron chi connectivity index (χ4n) is 1.36. The molecule has 5 heteroatoms. The van der Waals surface area contributed by atoms with Crippen molar-refractivity contribution in [3.63, 3.8) is 0 Å². The Labute approximate surface area is 101 Å². The van der Waals surface area contributed by atoms with Gasteiger partial charge in [0.25, 0.3) is 0 Å². The summed E-state index contributed by atoms with van der Waals surface area (Å²) in [6, 6.07) is 5.37. The molecule has 1 heterocycles. The smallest absolute Gasteiger partial charge is 0.409 e. The normalized spacial score (nSPS) is 11.9. The zero-order valence-electron chi connectivity index (χ0n) is 10.2. The zero-order valence-corrected chi connectivity index (χ0v) is 10.2. The van der Waals surface area contributed by atoms with E-state index in [2.05, 4.69) is 4.98 Å². The molecule has 0 bridgehead atoms. The van der Waals surface area contributed by atoms with Gasteiger partial charge in [-0.2, -0.15) is 0 Å². The van der Waals surface area contributed by atoms with E-state index in [9.17, 15) is 9.90 Å². The number of ether oxygens (including phenoxy) is 1. The molecule has 0 aliphatic heterocycles. The summed E-state index contributed by atoms with van der Waals surface area (Å²) >= 11 is 0. The van der Waals surface area contributed by atoms with Crippen molar-refractivity contribution < 1.29 is 14.6 Å². The molecule has 1 N–H and O–H groups in total. The topological polar surface area (TPSA) is 62.7 Å². The number of hydrogen-bond acceptors (Lipinski definition) is 4. The average Bonchev–Trinajstić information content (AvgIpc) is 2.36. The number of carbonyl (C=O) groups is 1. The van der Waals surface area contributed by atoms with Crippen LogP contribution >= 0.6 is 0 Å². The van der Waals surface area contributed by atoms with Crippen molar-refractivity contribution in [2.75, 3.05) is 20.2 Å². The standard InChI is InChI=1S/C12H18N2O3/c1-3-17-12(16)14(2)9-7-11(15)10-6-4-5-8-13-10/h4-6,8,11,15H,3,7,9H2,1-2H3. The summed E-state index contributed by atoms with van der Waals surface area (Å²) in [6.07, 6.45) is 1.04. The molecule has 1 amide bonds. The number of pyridine rings is 1. The number of rotatable bonds is 5. The first-order valence-electron chi connectivity index (χ1n) is 5.62. The van der Waals surface area contributed by atoms with E-state index in [1.165, 1.54) is 4.90 Å². The lowest BCUT2D eigenvalue weighted by Crippen LogP contribution is -2.29. The number of aliphatic hydroxyl groups is 1. The molecule has 1 rings (SSSR count). The molecule has 1 aromatic heterocycles. The summed E-state index contributed by atoms with van der Waals surface area (Å²) in [7, 11) is 1.64. The SMILES string of the molecule is CCOC(=O)N(C)CCC(O)c1ccccn1. The van der Waals surface area contributed by atoms with Crippen LogP contribution in [-0.2, 0) is 4.74 Å². The molecule has 94 valence electrons. The van der Waals surface area contributed by atoms with Gasteiger partial charge >= 0.3 is 6.09 Å². The van der Waals surface area contributed by atoms with E-state index in [0.717, 1.165) is 0 Å². The molecule has 0 aliphatic carbocycles. The Morgan fingerprint density at radius 2 is 2.35 bits per heavy atom. The molecule has 1 atom stereocenters. The van der Waals surface area contributed by atoms with Crippen LogP contribution in [0.1, 0.15) is 25.1 Å². The molecule has 1 aromatic rings. The van der Waals surface area contributed by atoms with Gasteiger partial charge in [-0.25, -0.2) is 4.79 Å². The minimum atomic E-state index is -0.659. The van der Waals surface area contributed by atoms with Gasteiger partial charge in [-0.1, -0.05) is 6.07 Å². The van der Waals surface area contributed by atoms with Gasteiger partial charge < -0.3 is 14.7 Å². The number of aliphatic hydroxyl groups excluding tert-OH is 1. The lowest BCUT2D eigenvalue weighted by atomic mass is 10.1. The summed E-state index contributed by atoms with van der Waals surface area (Å²) in [5.74, 6) is 0. The van der Waals surface area contributed by atoms with E-state index in [1.54, 1.807) is 32.3 Å². The van der Waals surface area contributed by atoms with E-state index in [1.807, 2.05) is 6.07 Å². The van der Waals surface area contributed by atoms with Crippen LogP contribution < -0.4 is 0 Å². The summed E-state index contributed by atoms with van der Waals surface area (Å²) in [6.45, 7) is 2.54. The average molecular weight is 238 g/mol. The van der Waals surface area contributed by atoms with Gasteiger partial charge in [0.2, 0.25) is 0 Å². The highest BCUT2D eigenvalue weighted by molar-refractivity contribution is 5.67. The van der Waals surface area contributed by atoms with Crippen molar-refractivity contribution in [3.8, 4) is 0 Å². The van der Waals surface area contributed by atoms with Crippen LogP contribution in [0.25, 0.3) is 0 Å². The quantitative estimate of drug-likeness (QED) is 0.846. The van der Waals surface area contributed by atoms with E-state index >= 15 is 0 Å². The lowest BCUT2D eigenvalue weighted by Gasteiger charge is -2.18. The minimum absolute atomic E-state index is 0.353. The molecule has 0 fully saturated rings. The van der Waals surface area contributed by atoms with E-state index in [-0.39, 0.29) is 6.09 Å². The second-order valence-electron chi connectivity index (χ2n) is 3.68. The number of amides is 1. The molecular weight excluding hydrogens is 220 g/mol. The van der Waals surface area contributed by atoms with E-state index in [4.69, 9.17) is 4.74 Å². The summed E-state index contributed by atoms with van der Waals surface area (Å²) in [4.78, 5) is 16.8. The summed E-state index contributed by atoms with van der Waals surface area (Å²) in [5.41, 5.74) is 0.616. The second-order valence-corrected chi connectivity index (χ2v) is 3.68. The predicted molar refractivity (Wildman–Crippen MR) is 63.5 cm³/mol. The van der Waals surface area contributed by atoms with Crippen LogP contribution in [0, 0.1) is 0 Å². The highest BCUT2D eigenvalue weighted by Gasteiger charge is 2.13. The van der Waals surface area contributed by atoms with Gasteiger partial charge in [0.15, 0.2) is 0 Å². The van der Waals surface area contributed by atoms with Crippen LogP contribution in [0.3, 0.4) is 0 Å². The Bertz CT molecular complexity index is 343. The third-order valence-corrected chi connectivity index (χ3v) is 2.35. The van der Waals surface area contributed by atoms with Crippen molar-refractivity contribution in [2.24, 2.45) is 0 Å². The van der Waals surface area contributed by atoms with Gasteiger partial charge in [-0.15, -0.1) is 0 Å². The predicted octanol–water partition coefficient (Wildman–Crippen LogP) is 1.59. The Kier molecular flexibility index (Phi) is 5.42. The largest absolute Gasteiger partial charge is 0.450 e. The molecular formula is C12H18N2O3. The van der Waals surface area contributed by atoms with Crippen LogP contribution in [0.4, 0.5) is 4.79 Å². The Morgan fingerprint density at radius 3 is 2.94 bits per heavy atom. The van der Waals surface area contributed by atoms with Gasteiger partial charge in [0.05, 0.1) is 18.4 Å². The maximum atomic E-state index is 11.3. The summed E-state index contributed by atoms with van der Waals surface area (Å²) < 4.78 is 4.83. The lowest BCUT2D eigenvalue weighted by molar-refractivity contribution is 0.103. The van der Waals surface area contributed by atoms with Gasteiger partial charge in [0.1, 0.15) is 0 Å². The van der Waals surface area contributed by atoms with Crippen LogP contribution in [0.5, 0.6) is 0 Å². The Balaban J connectivity index is 2.38. The van der Waals surface area contributed by atoms with E-state index in [0.29, 0.717) is 25.3 Å². The van der Waals surface area contributed by atoms with Gasteiger partial charge in [0, 0.05) is 19.8 Å². The van der Waals surface area contributed by atoms with Crippen LogP contribution in [-0.4, -0.2) is 41.3 Å². The van der Waals surface area contributed by atoms with Crippen molar-refractivity contribution in [3.05, 3.63) is 30.1 Å². The fourth-order valence-corrected chi connectivity index (χ4v) is 1.36. The number of aromatic nitrogens is 1. The number of carbonyl (C=O) groups excluding carboxylic acids is 1. The molecule has 0 aliphatic rings. The molecule has 17 heavy (non-hydrogen) atoms.